The van der Waals surface area contributed by atoms with Gasteiger partial charge in [-0.15, -0.1) is 0 Å². The average molecular weight is 590 g/mol. The molecule has 1 atom stereocenters. The summed E-state index contributed by atoms with van der Waals surface area (Å²) in [5.74, 6) is -0.632. The van der Waals surface area contributed by atoms with Crippen molar-refractivity contribution in [3.05, 3.63) is 101 Å². The van der Waals surface area contributed by atoms with Gasteiger partial charge in [-0.2, -0.15) is 0 Å². The van der Waals surface area contributed by atoms with Crippen LogP contribution in [0.25, 0.3) is 0 Å². The van der Waals surface area contributed by atoms with Crippen LogP contribution in [0.2, 0.25) is 0 Å². The van der Waals surface area contributed by atoms with Crippen LogP contribution in [-0.2, 0) is 32.6 Å². The highest BCUT2D eigenvalue weighted by molar-refractivity contribution is 7.92. The van der Waals surface area contributed by atoms with Crippen molar-refractivity contribution in [3.63, 3.8) is 0 Å². The maximum atomic E-state index is 14.3. The Bertz CT molecular complexity index is 1460. The van der Waals surface area contributed by atoms with Gasteiger partial charge >= 0.3 is 0 Å². The van der Waals surface area contributed by atoms with Gasteiger partial charge in [0.15, 0.2) is 0 Å². The Kier molecular flexibility index (Phi) is 10.4. The first kappa shape index (κ1) is 31.3. The van der Waals surface area contributed by atoms with E-state index in [1.807, 2.05) is 81.4 Å². The zero-order valence-electron chi connectivity index (χ0n) is 25.2. The number of hydrogen-bond acceptors (Lipinski definition) is 4. The molecule has 1 N–H and O–H groups in total. The van der Waals surface area contributed by atoms with E-state index < -0.39 is 28.5 Å². The molecule has 0 aliphatic heterocycles. The molecule has 1 aliphatic rings. The molecule has 224 valence electrons. The SMILES string of the molecule is Cc1cc(C)cc(N(CC(=O)N(Cc2ccccc2C)[C@H](Cc2ccccc2)C(=O)NC2CCCCC2)S(C)(=O)=O)c1. The fourth-order valence-electron chi connectivity index (χ4n) is 5.78. The molecule has 0 unspecified atom stereocenters. The van der Waals surface area contributed by atoms with Crippen LogP contribution in [0.5, 0.6) is 0 Å². The van der Waals surface area contributed by atoms with E-state index in [2.05, 4.69) is 5.32 Å². The molecule has 8 heteroatoms. The Morgan fingerprint density at radius 3 is 2.12 bits per heavy atom. The number of nitrogens with zero attached hydrogens (tertiary/aromatic N) is 2. The van der Waals surface area contributed by atoms with Crippen LogP contribution < -0.4 is 9.62 Å². The lowest BCUT2D eigenvalue weighted by molar-refractivity contribution is -0.140. The second-order valence-corrected chi connectivity index (χ2v) is 13.5. The molecule has 0 heterocycles. The zero-order chi connectivity index (χ0) is 30.3. The normalized spacial score (nSPS) is 14.7. The third-order valence-corrected chi connectivity index (χ3v) is 9.14. The van der Waals surface area contributed by atoms with E-state index in [9.17, 15) is 18.0 Å². The molecule has 7 nitrogen and oxygen atoms in total. The molecule has 1 aliphatic carbocycles. The highest BCUT2D eigenvalue weighted by Gasteiger charge is 2.34. The Hall–Kier alpha value is -3.65. The summed E-state index contributed by atoms with van der Waals surface area (Å²) < 4.78 is 27.3. The molecule has 0 aromatic heterocycles. The molecule has 0 spiro atoms. The smallest absolute Gasteiger partial charge is 0.244 e. The third-order valence-electron chi connectivity index (χ3n) is 8.00. The van der Waals surface area contributed by atoms with Gasteiger partial charge in [0.2, 0.25) is 21.8 Å². The second kappa shape index (κ2) is 14.0. The summed E-state index contributed by atoms with van der Waals surface area (Å²) in [4.78, 5) is 29.9. The first-order valence-electron chi connectivity index (χ1n) is 14.8. The quantitative estimate of drug-likeness (QED) is 0.322. The van der Waals surface area contributed by atoms with Crippen LogP contribution in [0, 0.1) is 20.8 Å². The second-order valence-electron chi connectivity index (χ2n) is 11.6. The van der Waals surface area contributed by atoms with Crippen LogP contribution in [0.3, 0.4) is 0 Å². The predicted molar refractivity (Wildman–Crippen MR) is 169 cm³/mol. The molecule has 4 rings (SSSR count). The van der Waals surface area contributed by atoms with Crippen molar-refractivity contribution in [2.24, 2.45) is 0 Å². The van der Waals surface area contributed by atoms with Gasteiger partial charge in [-0.3, -0.25) is 13.9 Å². The molecule has 0 bridgehead atoms. The number of rotatable bonds is 11. The summed E-state index contributed by atoms with van der Waals surface area (Å²) in [6.45, 7) is 5.55. The minimum atomic E-state index is -3.80. The number of carbonyl (C=O) groups is 2. The molecule has 0 radical (unpaired) electrons. The zero-order valence-corrected chi connectivity index (χ0v) is 26.0. The molecule has 1 saturated carbocycles. The van der Waals surface area contributed by atoms with E-state index >= 15 is 0 Å². The Balaban J connectivity index is 1.74. The lowest BCUT2D eigenvalue weighted by Crippen LogP contribution is -2.55. The van der Waals surface area contributed by atoms with Crippen molar-refractivity contribution >= 4 is 27.5 Å². The van der Waals surface area contributed by atoms with Crippen LogP contribution in [-0.4, -0.2) is 50.0 Å². The molecular weight excluding hydrogens is 546 g/mol. The maximum absolute atomic E-state index is 14.3. The highest BCUT2D eigenvalue weighted by Crippen LogP contribution is 2.24. The molecule has 1 fully saturated rings. The monoisotopic (exact) mass is 589 g/mol. The fourth-order valence-corrected chi connectivity index (χ4v) is 6.61. The standard InChI is InChI=1S/C34H43N3O4S/c1-25-19-26(2)21-31(20-25)37(42(4,40)41)24-33(38)36(23-29-16-12-11-13-27(29)3)32(22-28-14-7-5-8-15-28)34(39)35-30-17-9-6-10-18-30/h5,7-8,11-16,19-21,30,32H,6,9-10,17-18,22-24H2,1-4H3,(H,35,39)/t32-/m1/s1. The van der Waals surface area contributed by atoms with E-state index in [1.54, 1.807) is 17.0 Å². The van der Waals surface area contributed by atoms with Gasteiger partial charge in [-0.1, -0.05) is 79.9 Å². The van der Waals surface area contributed by atoms with Crippen molar-refractivity contribution in [2.45, 2.75) is 77.9 Å². The number of hydrogen-bond donors (Lipinski definition) is 1. The van der Waals surface area contributed by atoms with E-state index in [0.717, 1.165) is 70.5 Å². The Morgan fingerprint density at radius 1 is 0.881 bits per heavy atom. The number of amides is 2. The summed E-state index contributed by atoms with van der Waals surface area (Å²) in [6.07, 6.45) is 6.57. The third kappa shape index (κ3) is 8.44. The first-order valence-corrected chi connectivity index (χ1v) is 16.6. The van der Waals surface area contributed by atoms with Crippen molar-refractivity contribution in [3.8, 4) is 0 Å². The summed E-state index contributed by atoms with van der Waals surface area (Å²) in [5, 5.41) is 3.24. The average Bonchev–Trinajstić information content (AvgIpc) is 2.94. The van der Waals surface area contributed by atoms with Crippen molar-refractivity contribution < 1.29 is 18.0 Å². The molecular formula is C34H43N3O4S. The number of nitrogens with one attached hydrogen (secondary N) is 1. The lowest BCUT2D eigenvalue weighted by Gasteiger charge is -2.35. The molecule has 42 heavy (non-hydrogen) atoms. The van der Waals surface area contributed by atoms with E-state index in [-0.39, 0.29) is 18.5 Å². The van der Waals surface area contributed by atoms with E-state index in [1.165, 1.54) is 0 Å². The molecule has 3 aromatic carbocycles. The van der Waals surface area contributed by atoms with Gasteiger partial charge in [-0.25, -0.2) is 8.42 Å². The maximum Gasteiger partial charge on any atom is 0.244 e. The predicted octanol–water partition coefficient (Wildman–Crippen LogP) is 5.47. The number of benzene rings is 3. The van der Waals surface area contributed by atoms with Crippen molar-refractivity contribution in [1.29, 1.82) is 0 Å². The van der Waals surface area contributed by atoms with Crippen LogP contribution >= 0.6 is 0 Å². The molecule has 2 amide bonds. The Morgan fingerprint density at radius 2 is 1.50 bits per heavy atom. The Labute approximate surface area is 251 Å². The number of sulfonamides is 1. The first-order chi connectivity index (χ1) is 20.0. The fraction of sp³-hybridized carbons (Fsp3) is 0.412. The van der Waals surface area contributed by atoms with Crippen LogP contribution in [0.4, 0.5) is 5.69 Å². The van der Waals surface area contributed by atoms with Crippen molar-refractivity contribution in [2.75, 3.05) is 17.1 Å². The van der Waals surface area contributed by atoms with Gasteiger partial charge in [0.25, 0.3) is 0 Å². The largest absolute Gasteiger partial charge is 0.352 e. The summed E-state index contributed by atoms with van der Waals surface area (Å²) in [7, 11) is -3.80. The minimum absolute atomic E-state index is 0.0720. The van der Waals surface area contributed by atoms with Gasteiger partial charge in [-0.05, 0) is 73.6 Å². The van der Waals surface area contributed by atoms with Crippen molar-refractivity contribution in [1.82, 2.24) is 10.2 Å². The summed E-state index contributed by atoms with van der Waals surface area (Å²) >= 11 is 0. The van der Waals surface area contributed by atoms with Crippen LogP contribution in [0.15, 0.2) is 72.8 Å². The van der Waals surface area contributed by atoms with E-state index in [0.29, 0.717) is 12.1 Å². The van der Waals surface area contributed by atoms with Gasteiger partial charge < -0.3 is 10.2 Å². The highest BCUT2D eigenvalue weighted by atomic mass is 32.2. The van der Waals surface area contributed by atoms with Crippen LogP contribution in [0.1, 0.15) is 59.9 Å². The molecule has 0 saturated heterocycles. The lowest BCUT2D eigenvalue weighted by atomic mass is 9.94. The number of anilines is 1. The number of carbonyl (C=O) groups excluding carboxylic acids is 2. The summed E-state index contributed by atoms with van der Waals surface area (Å²) in [5.41, 5.74) is 5.07. The number of aryl methyl sites for hydroxylation is 3. The molecule has 3 aromatic rings. The van der Waals surface area contributed by atoms with Gasteiger partial charge in [0.05, 0.1) is 11.9 Å². The minimum Gasteiger partial charge on any atom is -0.352 e. The summed E-state index contributed by atoms with van der Waals surface area (Å²) in [6, 6.07) is 22.2. The van der Waals surface area contributed by atoms with Gasteiger partial charge in [0.1, 0.15) is 12.6 Å². The van der Waals surface area contributed by atoms with E-state index in [4.69, 9.17) is 0 Å². The topological polar surface area (TPSA) is 86.8 Å². The van der Waals surface area contributed by atoms with Gasteiger partial charge in [0, 0.05) is 19.0 Å².